The van der Waals surface area contributed by atoms with Crippen molar-refractivity contribution in [3.05, 3.63) is 0 Å². The quantitative estimate of drug-likeness (QED) is 0.849. The number of piperazine rings is 1. The van der Waals surface area contributed by atoms with Gasteiger partial charge in [-0.3, -0.25) is 4.90 Å². The van der Waals surface area contributed by atoms with Crippen molar-refractivity contribution in [2.24, 2.45) is 5.92 Å². The number of nitrogens with zero attached hydrogens (tertiary/aromatic N) is 1. The molecule has 3 unspecified atom stereocenters. The summed E-state index contributed by atoms with van der Waals surface area (Å²) in [6, 6.07) is -0.200. The molecule has 0 spiro atoms. The van der Waals surface area contributed by atoms with Crippen LogP contribution in [0.1, 0.15) is 46.5 Å². The highest BCUT2D eigenvalue weighted by molar-refractivity contribution is 5.04. The highest BCUT2D eigenvalue weighted by Gasteiger charge is 2.47. The summed E-state index contributed by atoms with van der Waals surface area (Å²) >= 11 is 0. The van der Waals surface area contributed by atoms with Gasteiger partial charge in [0.2, 0.25) is 0 Å². The van der Waals surface area contributed by atoms with E-state index in [4.69, 9.17) is 0 Å². The number of hydrogen-bond donors (Lipinski definition) is 1. The average molecular weight is 278 g/mol. The summed E-state index contributed by atoms with van der Waals surface area (Å²) in [5.41, 5.74) is 0.00548. The van der Waals surface area contributed by atoms with Crippen molar-refractivity contribution in [3.8, 4) is 0 Å². The second-order valence-corrected chi connectivity index (χ2v) is 6.48. The highest BCUT2D eigenvalue weighted by atomic mass is 19.4. The topological polar surface area (TPSA) is 15.3 Å². The SMILES string of the molecule is CCC1CNC(C)(C2CC2)CN1C(C)CC(F)(F)F. The summed E-state index contributed by atoms with van der Waals surface area (Å²) in [5.74, 6) is 0.644. The summed E-state index contributed by atoms with van der Waals surface area (Å²) in [5, 5.41) is 3.58. The summed E-state index contributed by atoms with van der Waals surface area (Å²) in [7, 11) is 0. The molecule has 0 bridgehead atoms. The fraction of sp³-hybridized carbons (Fsp3) is 1.00. The van der Waals surface area contributed by atoms with Crippen LogP contribution in [0.4, 0.5) is 13.2 Å². The molecule has 2 nitrogen and oxygen atoms in total. The maximum atomic E-state index is 12.6. The Labute approximate surface area is 113 Å². The van der Waals surface area contributed by atoms with E-state index in [2.05, 4.69) is 24.1 Å². The normalized spacial score (nSPS) is 35.4. The molecule has 1 aliphatic heterocycles. The lowest BCUT2D eigenvalue weighted by molar-refractivity contribution is -0.150. The molecule has 1 N–H and O–H groups in total. The van der Waals surface area contributed by atoms with Crippen molar-refractivity contribution in [3.63, 3.8) is 0 Å². The van der Waals surface area contributed by atoms with Crippen LogP contribution in [-0.4, -0.2) is 41.8 Å². The molecule has 0 amide bonds. The highest BCUT2D eigenvalue weighted by Crippen LogP contribution is 2.42. The average Bonchev–Trinajstić information content (AvgIpc) is 3.10. The van der Waals surface area contributed by atoms with E-state index in [0.29, 0.717) is 5.92 Å². The standard InChI is InChI=1S/C14H25F3N2/c1-4-12-8-18-13(3,11-5-6-11)9-19(12)10(2)7-14(15,16)17/h10-12,18H,4-9H2,1-3H3. The van der Waals surface area contributed by atoms with Gasteiger partial charge in [-0.15, -0.1) is 0 Å². The number of alkyl halides is 3. The van der Waals surface area contributed by atoms with Crippen LogP contribution >= 0.6 is 0 Å². The molecule has 2 fully saturated rings. The Bertz CT molecular complexity index is 314. The van der Waals surface area contributed by atoms with E-state index in [0.717, 1.165) is 19.5 Å². The molecule has 3 atom stereocenters. The number of halogens is 3. The molecule has 19 heavy (non-hydrogen) atoms. The Hall–Kier alpha value is -0.290. The zero-order chi connectivity index (χ0) is 14.3. The van der Waals surface area contributed by atoms with Gasteiger partial charge in [0.25, 0.3) is 0 Å². The first-order valence-electron chi connectivity index (χ1n) is 7.32. The second kappa shape index (κ2) is 5.24. The molecule has 0 aromatic heterocycles. The first kappa shape index (κ1) is 15.1. The van der Waals surface area contributed by atoms with Crippen LogP contribution in [0.15, 0.2) is 0 Å². The van der Waals surface area contributed by atoms with Gasteiger partial charge in [-0.25, -0.2) is 0 Å². The van der Waals surface area contributed by atoms with Crippen LogP contribution in [0.3, 0.4) is 0 Å². The third-order valence-corrected chi connectivity index (χ3v) is 4.76. The number of hydrogen-bond acceptors (Lipinski definition) is 2. The van der Waals surface area contributed by atoms with Crippen molar-refractivity contribution in [1.29, 1.82) is 0 Å². The zero-order valence-corrected chi connectivity index (χ0v) is 12.1. The van der Waals surface area contributed by atoms with Gasteiger partial charge in [-0.05, 0) is 39.0 Å². The van der Waals surface area contributed by atoms with Crippen LogP contribution in [0.2, 0.25) is 0 Å². The van der Waals surface area contributed by atoms with Gasteiger partial charge < -0.3 is 5.32 Å². The van der Waals surface area contributed by atoms with Gasteiger partial charge in [-0.2, -0.15) is 13.2 Å². The summed E-state index contributed by atoms with van der Waals surface area (Å²) in [4.78, 5) is 2.09. The lowest BCUT2D eigenvalue weighted by atomic mass is 9.89. The van der Waals surface area contributed by atoms with Gasteiger partial charge in [0.15, 0.2) is 0 Å². The largest absolute Gasteiger partial charge is 0.390 e. The third kappa shape index (κ3) is 3.63. The monoisotopic (exact) mass is 278 g/mol. The minimum Gasteiger partial charge on any atom is -0.308 e. The smallest absolute Gasteiger partial charge is 0.308 e. The van der Waals surface area contributed by atoms with Gasteiger partial charge in [0.05, 0.1) is 6.42 Å². The number of rotatable bonds is 4. The first-order valence-corrected chi connectivity index (χ1v) is 7.32. The van der Waals surface area contributed by atoms with Crippen molar-refractivity contribution in [2.75, 3.05) is 13.1 Å². The van der Waals surface area contributed by atoms with Gasteiger partial charge >= 0.3 is 6.18 Å². The Morgan fingerprint density at radius 2 is 2.00 bits per heavy atom. The van der Waals surface area contributed by atoms with Crippen molar-refractivity contribution in [1.82, 2.24) is 10.2 Å². The van der Waals surface area contributed by atoms with Crippen molar-refractivity contribution in [2.45, 2.75) is 70.3 Å². The van der Waals surface area contributed by atoms with Gasteiger partial charge in [0.1, 0.15) is 0 Å². The molecular formula is C14H25F3N2. The predicted octanol–water partition coefficient (Wildman–Crippen LogP) is 3.18. The van der Waals surface area contributed by atoms with Crippen molar-refractivity contribution >= 4 is 0 Å². The first-order chi connectivity index (χ1) is 8.75. The summed E-state index contributed by atoms with van der Waals surface area (Å²) in [6.45, 7) is 7.50. The van der Waals surface area contributed by atoms with Crippen LogP contribution in [0.25, 0.3) is 0 Å². The van der Waals surface area contributed by atoms with E-state index in [9.17, 15) is 13.2 Å². The third-order valence-electron chi connectivity index (χ3n) is 4.76. The molecule has 1 aliphatic carbocycles. The molecule has 0 radical (unpaired) electrons. The number of nitrogens with one attached hydrogen (secondary N) is 1. The van der Waals surface area contributed by atoms with E-state index in [1.54, 1.807) is 6.92 Å². The molecule has 1 saturated carbocycles. The molecule has 1 heterocycles. The lowest BCUT2D eigenvalue weighted by Gasteiger charge is -2.49. The Kier molecular flexibility index (Phi) is 4.17. The minimum absolute atomic E-state index is 0.00548. The molecule has 112 valence electrons. The maximum Gasteiger partial charge on any atom is 0.390 e. The molecular weight excluding hydrogens is 253 g/mol. The van der Waals surface area contributed by atoms with Crippen molar-refractivity contribution < 1.29 is 13.2 Å². The fourth-order valence-electron chi connectivity index (χ4n) is 3.37. The fourth-order valence-corrected chi connectivity index (χ4v) is 3.37. The van der Waals surface area contributed by atoms with E-state index in [1.807, 2.05) is 0 Å². The van der Waals surface area contributed by atoms with Crippen LogP contribution < -0.4 is 5.32 Å². The molecule has 5 heteroatoms. The molecule has 1 saturated heterocycles. The summed E-state index contributed by atoms with van der Waals surface area (Å²) in [6.07, 6.45) is -1.46. The van der Waals surface area contributed by atoms with E-state index in [-0.39, 0.29) is 11.6 Å². The van der Waals surface area contributed by atoms with Crippen LogP contribution in [0, 0.1) is 5.92 Å². The van der Waals surface area contributed by atoms with Gasteiger partial charge in [0, 0.05) is 30.7 Å². The molecule has 2 aliphatic rings. The zero-order valence-electron chi connectivity index (χ0n) is 12.1. The maximum absolute atomic E-state index is 12.6. The Morgan fingerprint density at radius 3 is 2.47 bits per heavy atom. The van der Waals surface area contributed by atoms with Crippen LogP contribution in [0.5, 0.6) is 0 Å². The van der Waals surface area contributed by atoms with E-state index in [1.165, 1.54) is 12.8 Å². The minimum atomic E-state index is -4.07. The molecule has 0 aromatic carbocycles. The predicted molar refractivity (Wildman–Crippen MR) is 70.1 cm³/mol. The molecule has 0 aromatic rings. The Morgan fingerprint density at radius 1 is 1.37 bits per heavy atom. The molecule has 2 rings (SSSR count). The van der Waals surface area contributed by atoms with Gasteiger partial charge in [-0.1, -0.05) is 6.92 Å². The summed E-state index contributed by atoms with van der Waals surface area (Å²) < 4.78 is 37.8. The Balaban J connectivity index is 2.04. The van der Waals surface area contributed by atoms with E-state index >= 15 is 0 Å². The van der Waals surface area contributed by atoms with Crippen LogP contribution in [-0.2, 0) is 0 Å². The van der Waals surface area contributed by atoms with E-state index < -0.39 is 18.6 Å². The second-order valence-electron chi connectivity index (χ2n) is 6.48. The lowest BCUT2D eigenvalue weighted by Crippen LogP contribution is -2.65.